The lowest BCUT2D eigenvalue weighted by atomic mass is 10.2. The third kappa shape index (κ3) is 2.65. The minimum atomic E-state index is 0.0247. The molecule has 2 aliphatic heterocycles. The SMILES string of the molecule is CC(=O)c1csc(C(=O)N2CCC(N3CCCC3)C2)c1. The van der Waals surface area contributed by atoms with Crippen LogP contribution in [0.5, 0.6) is 0 Å². The van der Waals surface area contributed by atoms with Gasteiger partial charge in [0.05, 0.1) is 4.88 Å². The summed E-state index contributed by atoms with van der Waals surface area (Å²) in [6, 6.07) is 2.27. The normalized spacial score (nSPS) is 23.4. The Labute approximate surface area is 123 Å². The van der Waals surface area contributed by atoms with E-state index in [0.29, 0.717) is 16.5 Å². The molecule has 108 valence electrons. The average molecular weight is 292 g/mol. The Morgan fingerprint density at radius 3 is 2.65 bits per heavy atom. The summed E-state index contributed by atoms with van der Waals surface area (Å²) in [5.41, 5.74) is 0.647. The number of hydrogen-bond acceptors (Lipinski definition) is 4. The van der Waals surface area contributed by atoms with Gasteiger partial charge >= 0.3 is 0 Å². The highest BCUT2D eigenvalue weighted by molar-refractivity contribution is 7.12. The molecule has 2 saturated heterocycles. The summed E-state index contributed by atoms with van der Waals surface area (Å²) >= 11 is 1.38. The van der Waals surface area contributed by atoms with Gasteiger partial charge in [-0.1, -0.05) is 0 Å². The van der Waals surface area contributed by atoms with Crippen molar-refractivity contribution < 1.29 is 9.59 Å². The van der Waals surface area contributed by atoms with E-state index in [0.717, 1.165) is 19.5 Å². The van der Waals surface area contributed by atoms with E-state index < -0.39 is 0 Å². The lowest BCUT2D eigenvalue weighted by Gasteiger charge is -2.23. The van der Waals surface area contributed by atoms with E-state index in [-0.39, 0.29) is 11.7 Å². The largest absolute Gasteiger partial charge is 0.336 e. The molecule has 5 heteroatoms. The first-order chi connectivity index (χ1) is 9.65. The van der Waals surface area contributed by atoms with Gasteiger partial charge in [-0.2, -0.15) is 0 Å². The van der Waals surface area contributed by atoms with Crippen molar-refractivity contribution in [2.24, 2.45) is 0 Å². The second-order valence-corrected chi connectivity index (χ2v) is 6.60. The molecule has 3 rings (SSSR count). The number of carbonyl (C=O) groups is 2. The van der Waals surface area contributed by atoms with Crippen LogP contribution in [0.3, 0.4) is 0 Å². The van der Waals surface area contributed by atoms with Crippen molar-refractivity contribution >= 4 is 23.0 Å². The van der Waals surface area contributed by atoms with Crippen molar-refractivity contribution in [1.29, 1.82) is 0 Å². The second-order valence-electron chi connectivity index (χ2n) is 5.69. The maximum atomic E-state index is 12.4. The molecule has 4 nitrogen and oxygen atoms in total. The number of carbonyl (C=O) groups excluding carboxylic acids is 2. The number of likely N-dealkylation sites (tertiary alicyclic amines) is 2. The molecule has 2 fully saturated rings. The molecule has 0 spiro atoms. The Balaban J connectivity index is 1.64. The number of ketones is 1. The summed E-state index contributed by atoms with van der Waals surface area (Å²) < 4.78 is 0. The molecule has 3 heterocycles. The Hall–Kier alpha value is -1.20. The highest BCUT2D eigenvalue weighted by atomic mass is 32.1. The minimum absolute atomic E-state index is 0.0247. The predicted octanol–water partition coefficient (Wildman–Crippen LogP) is 2.26. The number of rotatable bonds is 3. The van der Waals surface area contributed by atoms with Gasteiger partial charge in [0, 0.05) is 30.1 Å². The quantitative estimate of drug-likeness (QED) is 0.802. The van der Waals surface area contributed by atoms with Crippen LogP contribution in [0.4, 0.5) is 0 Å². The van der Waals surface area contributed by atoms with Gasteiger partial charge in [0.25, 0.3) is 5.91 Å². The maximum Gasteiger partial charge on any atom is 0.263 e. The number of Topliss-reactive ketones (excluding diaryl/α,β-unsaturated/α-hetero) is 1. The Kier molecular flexibility index (Phi) is 3.89. The van der Waals surface area contributed by atoms with Gasteiger partial charge in [-0.15, -0.1) is 11.3 Å². The van der Waals surface area contributed by atoms with E-state index >= 15 is 0 Å². The van der Waals surface area contributed by atoms with Crippen LogP contribution in [0.2, 0.25) is 0 Å². The van der Waals surface area contributed by atoms with Gasteiger partial charge in [0.2, 0.25) is 0 Å². The maximum absolute atomic E-state index is 12.4. The Morgan fingerprint density at radius 2 is 2.00 bits per heavy atom. The van der Waals surface area contributed by atoms with E-state index in [1.165, 1.54) is 44.2 Å². The fraction of sp³-hybridized carbons (Fsp3) is 0.600. The number of amides is 1. The predicted molar refractivity (Wildman–Crippen MR) is 79.4 cm³/mol. The molecule has 1 atom stereocenters. The minimum Gasteiger partial charge on any atom is -0.336 e. The van der Waals surface area contributed by atoms with Crippen molar-refractivity contribution in [2.45, 2.75) is 32.2 Å². The van der Waals surface area contributed by atoms with Crippen LogP contribution in [0.1, 0.15) is 46.2 Å². The second kappa shape index (κ2) is 5.66. The number of thiophene rings is 1. The summed E-state index contributed by atoms with van der Waals surface area (Å²) in [7, 11) is 0. The molecular formula is C15H20N2O2S. The summed E-state index contributed by atoms with van der Waals surface area (Å²) in [5, 5.41) is 1.78. The van der Waals surface area contributed by atoms with Crippen molar-refractivity contribution in [1.82, 2.24) is 9.80 Å². The first kappa shape index (κ1) is 13.8. The zero-order valence-corrected chi connectivity index (χ0v) is 12.6. The zero-order valence-electron chi connectivity index (χ0n) is 11.8. The summed E-state index contributed by atoms with van der Waals surface area (Å²) in [6.45, 7) is 5.58. The molecule has 1 aromatic rings. The average Bonchev–Trinajstić information content (AvgIpc) is 3.17. The van der Waals surface area contributed by atoms with E-state index in [2.05, 4.69) is 4.90 Å². The first-order valence-corrected chi connectivity index (χ1v) is 8.16. The van der Waals surface area contributed by atoms with Gasteiger partial charge in [-0.25, -0.2) is 0 Å². The highest BCUT2D eigenvalue weighted by Crippen LogP contribution is 2.24. The highest BCUT2D eigenvalue weighted by Gasteiger charge is 2.32. The van der Waals surface area contributed by atoms with E-state index in [9.17, 15) is 9.59 Å². The van der Waals surface area contributed by atoms with Crippen LogP contribution >= 0.6 is 11.3 Å². The fourth-order valence-electron chi connectivity index (χ4n) is 3.12. The van der Waals surface area contributed by atoms with E-state index in [1.807, 2.05) is 4.90 Å². The third-order valence-corrected chi connectivity index (χ3v) is 5.24. The van der Waals surface area contributed by atoms with Crippen molar-refractivity contribution in [3.63, 3.8) is 0 Å². The lowest BCUT2D eigenvalue weighted by Crippen LogP contribution is -2.36. The van der Waals surface area contributed by atoms with Gasteiger partial charge < -0.3 is 4.90 Å². The Bertz CT molecular complexity index is 520. The summed E-state index contributed by atoms with van der Waals surface area (Å²) in [5.74, 6) is 0.112. The molecule has 20 heavy (non-hydrogen) atoms. The van der Waals surface area contributed by atoms with Crippen molar-refractivity contribution in [3.05, 3.63) is 21.9 Å². The molecule has 0 bridgehead atoms. The zero-order chi connectivity index (χ0) is 14.1. The number of nitrogens with zero attached hydrogens (tertiary/aromatic N) is 2. The number of hydrogen-bond donors (Lipinski definition) is 0. The molecule has 2 aliphatic rings. The third-order valence-electron chi connectivity index (χ3n) is 4.32. The smallest absolute Gasteiger partial charge is 0.263 e. The van der Waals surface area contributed by atoms with Crippen LogP contribution < -0.4 is 0 Å². The molecule has 1 amide bonds. The summed E-state index contributed by atoms with van der Waals surface area (Å²) in [6.07, 6.45) is 3.66. The first-order valence-electron chi connectivity index (χ1n) is 7.28. The van der Waals surface area contributed by atoms with Gasteiger partial charge in [0.1, 0.15) is 0 Å². The standard InChI is InChI=1S/C15H20N2O2S/c1-11(18)12-8-14(20-10-12)15(19)17-7-4-13(9-17)16-5-2-3-6-16/h8,10,13H,2-7,9H2,1H3. The molecule has 1 unspecified atom stereocenters. The van der Waals surface area contributed by atoms with E-state index in [1.54, 1.807) is 11.4 Å². The molecule has 0 radical (unpaired) electrons. The Morgan fingerprint density at radius 1 is 1.25 bits per heavy atom. The van der Waals surface area contributed by atoms with Gasteiger partial charge in [0.15, 0.2) is 5.78 Å². The molecule has 0 aliphatic carbocycles. The van der Waals surface area contributed by atoms with Crippen LogP contribution in [0.15, 0.2) is 11.4 Å². The van der Waals surface area contributed by atoms with Crippen molar-refractivity contribution in [3.8, 4) is 0 Å². The molecule has 0 N–H and O–H groups in total. The lowest BCUT2D eigenvalue weighted by molar-refractivity contribution is 0.0785. The molecule has 0 aromatic carbocycles. The van der Waals surface area contributed by atoms with Crippen molar-refractivity contribution in [2.75, 3.05) is 26.2 Å². The molecular weight excluding hydrogens is 272 g/mol. The van der Waals surface area contributed by atoms with Crippen LogP contribution in [-0.4, -0.2) is 53.7 Å². The van der Waals surface area contributed by atoms with Gasteiger partial charge in [-0.3, -0.25) is 14.5 Å². The van der Waals surface area contributed by atoms with Gasteiger partial charge in [-0.05, 0) is 45.3 Å². The van der Waals surface area contributed by atoms with Crippen LogP contribution in [0.25, 0.3) is 0 Å². The molecule has 0 saturated carbocycles. The van der Waals surface area contributed by atoms with Crippen LogP contribution in [0, 0.1) is 0 Å². The van der Waals surface area contributed by atoms with E-state index in [4.69, 9.17) is 0 Å². The van der Waals surface area contributed by atoms with Crippen LogP contribution in [-0.2, 0) is 0 Å². The summed E-state index contributed by atoms with van der Waals surface area (Å²) in [4.78, 5) is 28.9. The monoisotopic (exact) mass is 292 g/mol. The topological polar surface area (TPSA) is 40.6 Å². The fourth-order valence-corrected chi connectivity index (χ4v) is 4.03. The molecule has 1 aromatic heterocycles.